The number of halogens is 1. The molecule has 0 aliphatic rings. The van der Waals surface area contributed by atoms with Gasteiger partial charge in [-0.1, -0.05) is 4.49 Å². The molecule has 0 amide bonds. The minimum absolute atomic E-state index is 0. The number of methoxy groups -OCH3 is 1. The Morgan fingerprint density at radius 3 is 2.54 bits per heavy atom. The maximum atomic E-state index is 11.7. The Kier molecular flexibility index (Phi) is 8.42. The van der Waals surface area contributed by atoms with Gasteiger partial charge >= 0.3 is 5.97 Å². The van der Waals surface area contributed by atoms with Crippen molar-refractivity contribution in [2.24, 2.45) is 0 Å². The van der Waals surface area contributed by atoms with Gasteiger partial charge in [-0.05, 0) is 62.1 Å². The van der Waals surface area contributed by atoms with E-state index in [4.69, 9.17) is 9.47 Å². The van der Waals surface area contributed by atoms with Crippen molar-refractivity contribution in [3.05, 3.63) is 30.0 Å². The molecule has 1 aromatic carbocycles. The predicted molar refractivity (Wildman–Crippen MR) is 103 cm³/mol. The number of aromatic nitrogens is 2. The van der Waals surface area contributed by atoms with Crippen molar-refractivity contribution in [1.29, 1.82) is 0 Å². The third-order valence-corrected chi connectivity index (χ3v) is 4.07. The summed E-state index contributed by atoms with van der Waals surface area (Å²) in [6, 6.07) is 7.19. The fraction of sp³-hybridized carbons (Fsp3) is 0.471. The zero-order valence-electron chi connectivity index (χ0n) is 15.2. The van der Waals surface area contributed by atoms with E-state index in [0.717, 1.165) is 17.1 Å². The number of benzene rings is 1. The number of ether oxygens (including phenoxy) is 2. The van der Waals surface area contributed by atoms with Crippen LogP contribution < -0.4 is 10.1 Å². The van der Waals surface area contributed by atoms with Gasteiger partial charge in [-0.15, -0.1) is 17.5 Å². The van der Waals surface area contributed by atoms with Gasteiger partial charge in [-0.25, -0.2) is 4.79 Å². The summed E-state index contributed by atoms with van der Waals surface area (Å²) < 4.78 is 14.1. The van der Waals surface area contributed by atoms with Gasteiger partial charge in [0.15, 0.2) is 5.69 Å². The molecular weight excluding hydrogens is 378 g/mol. The van der Waals surface area contributed by atoms with E-state index < -0.39 is 12.1 Å². The van der Waals surface area contributed by atoms with Crippen LogP contribution in [0.25, 0.3) is 10.4 Å². The number of carbonyl (C=O) groups excluding carboxylic acids is 1. The second kappa shape index (κ2) is 9.82. The molecule has 1 atom stereocenters. The maximum Gasteiger partial charge on any atom is 0.360 e. The van der Waals surface area contributed by atoms with E-state index in [1.54, 1.807) is 12.1 Å². The Labute approximate surface area is 163 Å². The molecule has 0 bridgehead atoms. The summed E-state index contributed by atoms with van der Waals surface area (Å²) in [4.78, 5) is 12.3. The van der Waals surface area contributed by atoms with Crippen LogP contribution in [0.15, 0.2) is 24.3 Å². The zero-order valence-corrected chi connectivity index (χ0v) is 16.8. The number of β-amino-alcohol motifs (C(OH)–C–C–N with tert-alkyl or cyclic N) is 1. The maximum absolute atomic E-state index is 11.7. The van der Waals surface area contributed by atoms with Crippen LogP contribution >= 0.6 is 23.9 Å². The highest BCUT2D eigenvalue weighted by molar-refractivity contribution is 7.09. The molecule has 1 aromatic heterocycles. The molecule has 2 aromatic rings. The first-order valence-corrected chi connectivity index (χ1v) is 8.64. The number of carbonyl (C=O) groups is 1. The predicted octanol–water partition coefficient (Wildman–Crippen LogP) is 2.54. The third-order valence-electron chi connectivity index (χ3n) is 3.29. The average Bonchev–Trinajstić information content (AvgIpc) is 3.07. The molecule has 144 valence electrons. The van der Waals surface area contributed by atoms with Gasteiger partial charge in [0.2, 0.25) is 0 Å². The highest BCUT2D eigenvalue weighted by Crippen LogP contribution is 2.28. The number of nitrogens with zero attached hydrogens (tertiary/aromatic N) is 2. The van der Waals surface area contributed by atoms with Crippen molar-refractivity contribution < 1.29 is 19.4 Å². The van der Waals surface area contributed by atoms with E-state index >= 15 is 0 Å². The lowest BCUT2D eigenvalue weighted by Gasteiger charge is -2.22. The van der Waals surface area contributed by atoms with E-state index in [9.17, 15) is 9.90 Å². The van der Waals surface area contributed by atoms with E-state index in [2.05, 4.69) is 14.9 Å². The van der Waals surface area contributed by atoms with Crippen molar-refractivity contribution in [3.8, 4) is 16.2 Å². The van der Waals surface area contributed by atoms with E-state index in [0.29, 0.717) is 17.2 Å². The van der Waals surface area contributed by atoms with Gasteiger partial charge < -0.3 is 19.9 Å². The van der Waals surface area contributed by atoms with Gasteiger partial charge in [0, 0.05) is 12.1 Å². The Hall–Kier alpha value is -1.74. The average molecular weight is 402 g/mol. The Balaban J connectivity index is 0.00000338. The van der Waals surface area contributed by atoms with Crippen LogP contribution in [0.4, 0.5) is 0 Å². The Morgan fingerprint density at radius 2 is 1.96 bits per heavy atom. The fourth-order valence-corrected chi connectivity index (χ4v) is 2.64. The fourth-order valence-electron chi connectivity index (χ4n) is 1.99. The van der Waals surface area contributed by atoms with E-state index in [1.165, 1.54) is 7.11 Å². The summed E-state index contributed by atoms with van der Waals surface area (Å²) in [5.74, 6) is 0.120. The van der Waals surface area contributed by atoms with Gasteiger partial charge in [0.25, 0.3) is 0 Å². The molecule has 0 radical (unpaired) electrons. The first-order valence-electron chi connectivity index (χ1n) is 7.87. The molecule has 0 aliphatic heterocycles. The van der Waals surface area contributed by atoms with Crippen molar-refractivity contribution >= 4 is 29.9 Å². The standard InChI is InChI=1S/C17H23N3O4S.ClH/c1-17(2,3)18-9-12(21)10-24-13-7-5-11(6-8-13)15-14(16(22)23-4)19-20-25-15;/h5-8,12,18,21H,9-10H2,1-4H3;1H. The second-order valence-electron chi connectivity index (χ2n) is 6.56. The number of aliphatic hydroxyl groups is 1. The molecule has 1 heterocycles. The van der Waals surface area contributed by atoms with Gasteiger partial charge in [-0.3, -0.25) is 0 Å². The number of nitrogens with one attached hydrogen (secondary N) is 1. The zero-order chi connectivity index (χ0) is 18.4. The normalized spacial score (nSPS) is 12.2. The molecule has 1 unspecified atom stereocenters. The molecule has 0 aliphatic carbocycles. The summed E-state index contributed by atoms with van der Waals surface area (Å²) in [6.07, 6.45) is -0.601. The topological polar surface area (TPSA) is 93.6 Å². The molecule has 2 N–H and O–H groups in total. The van der Waals surface area contributed by atoms with Crippen LogP contribution in [0.5, 0.6) is 5.75 Å². The molecule has 0 saturated carbocycles. The van der Waals surface area contributed by atoms with E-state index in [-0.39, 0.29) is 30.2 Å². The highest BCUT2D eigenvalue weighted by Gasteiger charge is 2.18. The SMILES string of the molecule is COC(=O)c1nnsc1-c1ccc(OCC(O)CNC(C)(C)C)cc1.Cl. The lowest BCUT2D eigenvalue weighted by atomic mass is 10.1. The van der Waals surface area contributed by atoms with E-state index in [1.807, 2.05) is 32.9 Å². The van der Waals surface area contributed by atoms with Crippen molar-refractivity contribution in [1.82, 2.24) is 14.9 Å². The number of hydrogen-bond acceptors (Lipinski definition) is 8. The lowest BCUT2D eigenvalue weighted by molar-refractivity contribution is 0.0595. The summed E-state index contributed by atoms with van der Waals surface area (Å²) in [7, 11) is 1.31. The third kappa shape index (κ3) is 6.53. The number of aliphatic hydroxyl groups excluding tert-OH is 1. The van der Waals surface area contributed by atoms with Crippen molar-refractivity contribution in [3.63, 3.8) is 0 Å². The first-order chi connectivity index (χ1) is 11.8. The molecular formula is C17H24ClN3O4S. The van der Waals surface area contributed by atoms with Gasteiger partial charge in [0.1, 0.15) is 18.5 Å². The first kappa shape index (κ1) is 22.3. The Bertz CT molecular complexity index is 701. The van der Waals surface area contributed by atoms with Gasteiger partial charge in [0.05, 0.1) is 12.0 Å². The summed E-state index contributed by atoms with van der Waals surface area (Å²) >= 11 is 1.13. The van der Waals surface area contributed by atoms with Crippen LogP contribution in [-0.4, -0.2) is 52.6 Å². The Morgan fingerprint density at radius 1 is 1.31 bits per heavy atom. The molecule has 0 fully saturated rings. The summed E-state index contributed by atoms with van der Waals surface area (Å²) in [6.45, 7) is 6.76. The minimum Gasteiger partial charge on any atom is -0.491 e. The second-order valence-corrected chi connectivity index (χ2v) is 7.32. The van der Waals surface area contributed by atoms with Crippen LogP contribution in [0, 0.1) is 0 Å². The quantitative estimate of drug-likeness (QED) is 0.688. The monoisotopic (exact) mass is 401 g/mol. The number of esters is 1. The summed E-state index contributed by atoms with van der Waals surface area (Å²) in [5, 5.41) is 17.0. The molecule has 26 heavy (non-hydrogen) atoms. The highest BCUT2D eigenvalue weighted by atomic mass is 35.5. The molecule has 7 nitrogen and oxygen atoms in total. The van der Waals surface area contributed by atoms with Crippen molar-refractivity contribution in [2.75, 3.05) is 20.3 Å². The number of rotatable bonds is 7. The van der Waals surface area contributed by atoms with Crippen LogP contribution in [0.3, 0.4) is 0 Å². The summed E-state index contributed by atoms with van der Waals surface area (Å²) in [5.41, 5.74) is 0.950. The largest absolute Gasteiger partial charge is 0.491 e. The van der Waals surface area contributed by atoms with Crippen LogP contribution in [0.1, 0.15) is 31.3 Å². The lowest BCUT2D eigenvalue weighted by Crippen LogP contribution is -2.42. The smallest absolute Gasteiger partial charge is 0.360 e. The molecule has 9 heteroatoms. The van der Waals surface area contributed by atoms with Crippen LogP contribution in [-0.2, 0) is 4.74 Å². The van der Waals surface area contributed by atoms with Crippen molar-refractivity contribution in [2.45, 2.75) is 32.4 Å². The minimum atomic E-state index is -0.601. The van der Waals surface area contributed by atoms with Gasteiger partial charge in [-0.2, -0.15) is 0 Å². The van der Waals surface area contributed by atoms with Crippen LogP contribution in [0.2, 0.25) is 0 Å². The molecule has 0 spiro atoms. The molecule has 2 rings (SSSR count). The number of hydrogen-bond donors (Lipinski definition) is 2. The molecule has 0 saturated heterocycles.